The van der Waals surface area contributed by atoms with E-state index in [0.717, 1.165) is 56.2 Å². The lowest BCUT2D eigenvalue weighted by atomic mass is 10.0. The lowest BCUT2D eigenvalue weighted by Gasteiger charge is -2.41. The van der Waals surface area contributed by atoms with Crippen LogP contribution in [0.5, 0.6) is 11.5 Å². The largest absolute Gasteiger partial charge is 0.496 e. The highest BCUT2D eigenvalue weighted by molar-refractivity contribution is 5.36. The van der Waals surface area contributed by atoms with Crippen LogP contribution in [0.15, 0.2) is 42.5 Å². The predicted octanol–water partition coefficient (Wildman–Crippen LogP) is 3.08. The maximum absolute atomic E-state index is 9.59. The molecule has 1 fully saturated rings. The summed E-state index contributed by atoms with van der Waals surface area (Å²) in [4.78, 5) is 4.96. The highest BCUT2D eigenvalue weighted by Gasteiger charge is 2.27. The molecule has 28 heavy (non-hydrogen) atoms. The molecule has 2 aromatic rings. The molecule has 1 unspecified atom stereocenters. The molecule has 1 heterocycles. The minimum Gasteiger partial charge on any atom is -0.496 e. The topological polar surface area (TPSA) is 45.2 Å². The van der Waals surface area contributed by atoms with E-state index in [4.69, 9.17) is 9.47 Å². The minimum atomic E-state index is 0.214. The molecule has 1 saturated heterocycles. The Morgan fingerprint density at radius 2 is 1.79 bits per heavy atom. The van der Waals surface area contributed by atoms with E-state index in [2.05, 4.69) is 41.0 Å². The molecule has 0 aliphatic carbocycles. The number of rotatable bonds is 8. The van der Waals surface area contributed by atoms with Gasteiger partial charge in [-0.3, -0.25) is 9.80 Å². The number of aliphatic hydroxyl groups is 1. The van der Waals surface area contributed by atoms with Gasteiger partial charge in [-0.15, -0.1) is 0 Å². The Kier molecular flexibility index (Phi) is 7.31. The molecule has 5 heteroatoms. The van der Waals surface area contributed by atoms with Crippen LogP contribution in [-0.2, 0) is 13.1 Å². The standard InChI is InChI=1S/C23H32N2O3/c1-18-14-19(8-9-22(18)27-2)15-25-12-11-24(17-21(25)10-13-26)16-20-6-4-5-7-23(20)28-3/h4-9,14,21,26H,10-13,15-17H2,1-3H3. The summed E-state index contributed by atoms with van der Waals surface area (Å²) in [6.45, 7) is 7.03. The van der Waals surface area contributed by atoms with Crippen LogP contribution in [-0.4, -0.2) is 61.4 Å². The van der Waals surface area contributed by atoms with Crippen molar-refractivity contribution in [2.45, 2.75) is 32.5 Å². The van der Waals surface area contributed by atoms with Crippen LogP contribution in [0.1, 0.15) is 23.1 Å². The van der Waals surface area contributed by atoms with Gasteiger partial charge in [-0.05, 0) is 36.6 Å². The summed E-state index contributed by atoms with van der Waals surface area (Å²) in [5, 5.41) is 9.59. The monoisotopic (exact) mass is 384 g/mol. The number of benzene rings is 2. The van der Waals surface area contributed by atoms with Gasteiger partial charge in [0.15, 0.2) is 0 Å². The van der Waals surface area contributed by atoms with Gasteiger partial charge in [0.25, 0.3) is 0 Å². The van der Waals surface area contributed by atoms with Crippen LogP contribution in [0, 0.1) is 6.92 Å². The Balaban J connectivity index is 1.66. The van der Waals surface area contributed by atoms with Crippen molar-refractivity contribution in [3.63, 3.8) is 0 Å². The molecule has 0 bridgehead atoms. The molecule has 1 N–H and O–H groups in total. The smallest absolute Gasteiger partial charge is 0.123 e. The predicted molar refractivity (Wildman–Crippen MR) is 112 cm³/mol. The number of hydrogen-bond donors (Lipinski definition) is 1. The first kappa shape index (κ1) is 20.6. The van der Waals surface area contributed by atoms with Crippen molar-refractivity contribution < 1.29 is 14.6 Å². The number of para-hydroxylation sites is 1. The van der Waals surface area contributed by atoms with Crippen molar-refractivity contribution in [2.24, 2.45) is 0 Å². The number of hydrogen-bond acceptors (Lipinski definition) is 5. The summed E-state index contributed by atoms with van der Waals surface area (Å²) in [7, 11) is 3.43. The summed E-state index contributed by atoms with van der Waals surface area (Å²) < 4.78 is 10.9. The lowest BCUT2D eigenvalue weighted by Crippen LogP contribution is -2.52. The second kappa shape index (κ2) is 9.92. The van der Waals surface area contributed by atoms with Crippen molar-refractivity contribution >= 4 is 0 Å². The van der Waals surface area contributed by atoms with Crippen molar-refractivity contribution in [1.82, 2.24) is 9.80 Å². The summed E-state index contributed by atoms with van der Waals surface area (Å²) in [5.74, 6) is 1.87. The normalized spacial score (nSPS) is 18.2. The highest BCUT2D eigenvalue weighted by Crippen LogP contribution is 2.24. The molecule has 0 spiro atoms. The second-order valence-electron chi connectivity index (χ2n) is 7.49. The van der Waals surface area contributed by atoms with Gasteiger partial charge < -0.3 is 14.6 Å². The Bertz CT molecular complexity index is 765. The van der Waals surface area contributed by atoms with Gasteiger partial charge in [0.2, 0.25) is 0 Å². The zero-order chi connectivity index (χ0) is 19.9. The van der Waals surface area contributed by atoms with Crippen molar-refractivity contribution in [3.05, 3.63) is 59.2 Å². The number of aryl methyl sites for hydroxylation is 1. The lowest BCUT2D eigenvalue weighted by molar-refractivity contribution is 0.0496. The average Bonchev–Trinajstić information content (AvgIpc) is 2.71. The minimum absolute atomic E-state index is 0.214. The molecule has 1 aliphatic rings. The van der Waals surface area contributed by atoms with E-state index in [1.807, 2.05) is 18.2 Å². The van der Waals surface area contributed by atoms with Gasteiger partial charge in [-0.2, -0.15) is 0 Å². The van der Waals surface area contributed by atoms with E-state index in [-0.39, 0.29) is 6.61 Å². The van der Waals surface area contributed by atoms with Crippen LogP contribution >= 0.6 is 0 Å². The summed E-state index contributed by atoms with van der Waals surface area (Å²) in [6, 6.07) is 14.9. The molecule has 152 valence electrons. The molecule has 3 rings (SSSR count). The number of aliphatic hydroxyl groups excluding tert-OH is 1. The van der Waals surface area contributed by atoms with Crippen molar-refractivity contribution in [2.75, 3.05) is 40.5 Å². The number of methoxy groups -OCH3 is 2. The Hall–Kier alpha value is -2.08. The van der Waals surface area contributed by atoms with E-state index in [1.54, 1.807) is 14.2 Å². The molecule has 0 amide bonds. The zero-order valence-corrected chi connectivity index (χ0v) is 17.2. The second-order valence-corrected chi connectivity index (χ2v) is 7.49. The molecule has 1 aliphatic heterocycles. The summed E-state index contributed by atoms with van der Waals surface area (Å²) in [6.07, 6.45) is 0.789. The quantitative estimate of drug-likeness (QED) is 0.758. The van der Waals surface area contributed by atoms with Crippen molar-refractivity contribution in [3.8, 4) is 11.5 Å². The van der Waals surface area contributed by atoms with Crippen LogP contribution < -0.4 is 9.47 Å². The number of nitrogens with zero attached hydrogens (tertiary/aromatic N) is 2. The average molecular weight is 385 g/mol. The van der Waals surface area contributed by atoms with Gasteiger partial charge in [-0.1, -0.05) is 30.3 Å². The SMILES string of the molecule is COc1ccc(CN2CCN(Cc3ccccc3OC)CC2CCO)cc1C. The number of piperazine rings is 1. The van der Waals surface area contributed by atoms with Gasteiger partial charge >= 0.3 is 0 Å². The first-order chi connectivity index (χ1) is 13.6. The molecule has 0 radical (unpaired) electrons. The Morgan fingerprint density at radius 1 is 1.00 bits per heavy atom. The summed E-state index contributed by atoms with van der Waals surface area (Å²) in [5.41, 5.74) is 3.67. The maximum atomic E-state index is 9.59. The highest BCUT2D eigenvalue weighted by atomic mass is 16.5. The fourth-order valence-electron chi connectivity index (χ4n) is 4.08. The van der Waals surface area contributed by atoms with Crippen LogP contribution in [0.2, 0.25) is 0 Å². The zero-order valence-electron chi connectivity index (χ0n) is 17.2. The third-order valence-electron chi connectivity index (χ3n) is 5.58. The van der Waals surface area contributed by atoms with Crippen molar-refractivity contribution in [1.29, 1.82) is 0 Å². The van der Waals surface area contributed by atoms with Gasteiger partial charge in [-0.25, -0.2) is 0 Å². The van der Waals surface area contributed by atoms with Gasteiger partial charge in [0, 0.05) is 50.9 Å². The van der Waals surface area contributed by atoms with E-state index in [9.17, 15) is 5.11 Å². The molecule has 5 nitrogen and oxygen atoms in total. The third kappa shape index (κ3) is 5.04. The summed E-state index contributed by atoms with van der Waals surface area (Å²) >= 11 is 0. The van der Waals surface area contributed by atoms with Gasteiger partial charge in [0.1, 0.15) is 11.5 Å². The molecule has 1 atom stereocenters. The Morgan fingerprint density at radius 3 is 2.50 bits per heavy atom. The maximum Gasteiger partial charge on any atom is 0.123 e. The fraction of sp³-hybridized carbons (Fsp3) is 0.478. The van der Waals surface area contributed by atoms with E-state index >= 15 is 0 Å². The van der Waals surface area contributed by atoms with Crippen LogP contribution in [0.3, 0.4) is 0 Å². The number of ether oxygens (including phenoxy) is 2. The Labute approximate surface area is 168 Å². The molecule has 0 aromatic heterocycles. The molecule has 2 aromatic carbocycles. The van der Waals surface area contributed by atoms with Crippen LogP contribution in [0.25, 0.3) is 0 Å². The van der Waals surface area contributed by atoms with E-state index in [0.29, 0.717) is 6.04 Å². The van der Waals surface area contributed by atoms with Crippen LogP contribution in [0.4, 0.5) is 0 Å². The fourth-order valence-corrected chi connectivity index (χ4v) is 4.08. The van der Waals surface area contributed by atoms with E-state index in [1.165, 1.54) is 11.1 Å². The van der Waals surface area contributed by atoms with Gasteiger partial charge in [0.05, 0.1) is 14.2 Å². The van der Waals surface area contributed by atoms with E-state index < -0.39 is 0 Å². The molecular formula is C23H32N2O3. The first-order valence-electron chi connectivity index (χ1n) is 9.97. The molecular weight excluding hydrogens is 352 g/mol. The third-order valence-corrected chi connectivity index (χ3v) is 5.58. The molecule has 0 saturated carbocycles. The first-order valence-corrected chi connectivity index (χ1v) is 9.97.